The van der Waals surface area contributed by atoms with Crippen LogP contribution in [0.1, 0.15) is 92.2 Å². The fourth-order valence-corrected chi connectivity index (χ4v) is 4.78. The van der Waals surface area contributed by atoms with Crippen LogP contribution in [0.3, 0.4) is 0 Å². The number of allylic oxidation sites excluding steroid dienone is 2. The number of benzene rings is 1. The summed E-state index contributed by atoms with van der Waals surface area (Å²) in [5.74, 6) is -3.35. The highest BCUT2D eigenvalue weighted by molar-refractivity contribution is 5.91. The monoisotopic (exact) mass is 630 g/mol. The fraction of sp³-hybridized carbons (Fsp3) is 0.618. The van der Waals surface area contributed by atoms with Crippen molar-refractivity contribution in [2.75, 3.05) is 6.54 Å². The summed E-state index contributed by atoms with van der Waals surface area (Å²) >= 11 is 0. The van der Waals surface area contributed by atoms with Gasteiger partial charge in [0, 0.05) is 5.92 Å². The van der Waals surface area contributed by atoms with Crippen LogP contribution < -0.4 is 21.3 Å². The molecular weight excluding hydrogens is 576 g/mol. The van der Waals surface area contributed by atoms with Gasteiger partial charge < -0.3 is 31.5 Å². The van der Waals surface area contributed by atoms with E-state index in [1.165, 1.54) is 0 Å². The second kappa shape index (κ2) is 20.3. The van der Waals surface area contributed by atoms with Gasteiger partial charge in [-0.05, 0) is 49.0 Å². The Balaban J connectivity index is 2.90. The van der Waals surface area contributed by atoms with Crippen LogP contribution in [-0.4, -0.2) is 64.5 Å². The van der Waals surface area contributed by atoms with Crippen molar-refractivity contribution in [1.29, 1.82) is 0 Å². The van der Waals surface area contributed by atoms with Gasteiger partial charge in [0.05, 0.1) is 12.6 Å². The first-order valence-corrected chi connectivity index (χ1v) is 16.0. The predicted molar refractivity (Wildman–Crippen MR) is 174 cm³/mol. The molecule has 0 radical (unpaired) electrons. The molecular formula is C34H54N4O7. The molecule has 11 heteroatoms. The number of amides is 4. The Bertz CT molecular complexity index is 1120. The lowest BCUT2D eigenvalue weighted by Crippen LogP contribution is -2.56. The van der Waals surface area contributed by atoms with Crippen LogP contribution >= 0.6 is 0 Å². The van der Waals surface area contributed by atoms with Crippen molar-refractivity contribution in [2.45, 2.75) is 105 Å². The SMILES string of the molecule is CCC[C@H](NC(=O)[C@H](CC(C)C)NC(=O)[C@@H](C/C=C/CC(C)C)C(C)C)[C@@H](O)C(=O)NCC(=O)N[C@H](C(=O)O)c1ccccc1. The number of rotatable bonds is 20. The highest BCUT2D eigenvalue weighted by Gasteiger charge is 2.32. The smallest absolute Gasteiger partial charge is 0.330 e. The van der Waals surface area contributed by atoms with Crippen molar-refractivity contribution in [1.82, 2.24) is 21.3 Å². The van der Waals surface area contributed by atoms with Crippen molar-refractivity contribution in [3.05, 3.63) is 48.0 Å². The molecule has 0 bridgehead atoms. The highest BCUT2D eigenvalue weighted by atomic mass is 16.4. The van der Waals surface area contributed by atoms with Gasteiger partial charge in [-0.2, -0.15) is 0 Å². The van der Waals surface area contributed by atoms with E-state index in [2.05, 4.69) is 41.2 Å². The molecule has 0 aliphatic rings. The third-order valence-corrected chi connectivity index (χ3v) is 7.33. The number of carbonyl (C=O) groups excluding carboxylic acids is 4. The van der Waals surface area contributed by atoms with E-state index < -0.39 is 54.5 Å². The Morgan fingerprint density at radius 2 is 1.42 bits per heavy atom. The van der Waals surface area contributed by atoms with Gasteiger partial charge in [-0.25, -0.2) is 4.79 Å². The van der Waals surface area contributed by atoms with Crippen molar-refractivity contribution in [2.24, 2.45) is 23.7 Å². The van der Waals surface area contributed by atoms with Crippen LogP contribution in [0.2, 0.25) is 0 Å². The summed E-state index contributed by atoms with van der Waals surface area (Å²) in [5, 5.41) is 30.7. The van der Waals surface area contributed by atoms with Gasteiger partial charge in [0.25, 0.3) is 5.91 Å². The van der Waals surface area contributed by atoms with Gasteiger partial charge in [-0.15, -0.1) is 0 Å². The molecule has 45 heavy (non-hydrogen) atoms. The molecule has 252 valence electrons. The number of carbonyl (C=O) groups is 5. The van der Waals surface area contributed by atoms with Crippen LogP contribution in [0.15, 0.2) is 42.5 Å². The zero-order valence-electron chi connectivity index (χ0n) is 27.8. The van der Waals surface area contributed by atoms with E-state index in [9.17, 15) is 34.2 Å². The number of hydrogen-bond donors (Lipinski definition) is 6. The second-order valence-corrected chi connectivity index (χ2v) is 12.7. The summed E-state index contributed by atoms with van der Waals surface area (Å²) in [4.78, 5) is 63.7. The van der Waals surface area contributed by atoms with Gasteiger partial charge >= 0.3 is 5.97 Å². The first kappa shape index (κ1) is 39.3. The Morgan fingerprint density at radius 1 is 0.800 bits per heavy atom. The average molecular weight is 631 g/mol. The third kappa shape index (κ3) is 14.7. The molecule has 1 aromatic carbocycles. The number of aliphatic hydroxyl groups is 1. The summed E-state index contributed by atoms with van der Waals surface area (Å²) in [6.07, 6.45) is 5.03. The zero-order valence-corrected chi connectivity index (χ0v) is 27.8. The van der Waals surface area contributed by atoms with Crippen LogP contribution in [0.5, 0.6) is 0 Å². The molecule has 0 heterocycles. The molecule has 0 aliphatic carbocycles. The average Bonchev–Trinajstić information content (AvgIpc) is 2.97. The summed E-state index contributed by atoms with van der Waals surface area (Å²) in [6, 6.07) is 4.95. The maximum atomic E-state index is 13.4. The first-order valence-electron chi connectivity index (χ1n) is 16.0. The van der Waals surface area contributed by atoms with Crippen LogP contribution in [-0.2, 0) is 24.0 Å². The molecule has 11 nitrogen and oxygen atoms in total. The number of hydrogen-bond acceptors (Lipinski definition) is 6. The minimum absolute atomic E-state index is 0.0468. The minimum atomic E-state index is -1.68. The molecule has 1 aromatic rings. The van der Waals surface area contributed by atoms with E-state index in [0.29, 0.717) is 30.7 Å². The topological polar surface area (TPSA) is 174 Å². The molecule has 1 rings (SSSR count). The summed E-state index contributed by atoms with van der Waals surface area (Å²) in [7, 11) is 0. The van der Waals surface area contributed by atoms with Gasteiger partial charge in [0.2, 0.25) is 17.7 Å². The van der Waals surface area contributed by atoms with Gasteiger partial charge in [-0.3, -0.25) is 19.2 Å². The highest BCUT2D eigenvalue weighted by Crippen LogP contribution is 2.18. The number of carboxylic acids is 1. The predicted octanol–water partition coefficient (Wildman–Crippen LogP) is 3.49. The molecule has 0 saturated heterocycles. The quantitative estimate of drug-likeness (QED) is 0.120. The van der Waals surface area contributed by atoms with Crippen molar-refractivity contribution in [3.63, 3.8) is 0 Å². The normalized spacial score (nSPS) is 14.9. The van der Waals surface area contributed by atoms with Crippen molar-refractivity contribution >= 4 is 29.6 Å². The Kier molecular flexibility index (Phi) is 17.8. The Labute approximate surface area is 268 Å². The lowest BCUT2D eigenvalue weighted by atomic mass is 9.90. The minimum Gasteiger partial charge on any atom is -0.479 e. The molecule has 0 saturated carbocycles. The Morgan fingerprint density at radius 3 is 1.96 bits per heavy atom. The number of nitrogens with one attached hydrogen (secondary N) is 4. The summed E-state index contributed by atoms with van der Waals surface area (Å²) < 4.78 is 0. The first-order chi connectivity index (χ1) is 21.2. The van der Waals surface area contributed by atoms with Gasteiger partial charge in [0.15, 0.2) is 12.1 Å². The Hall–Kier alpha value is -3.73. The van der Waals surface area contributed by atoms with Crippen LogP contribution in [0.25, 0.3) is 0 Å². The molecule has 0 aromatic heterocycles. The number of aliphatic hydroxyl groups excluding tert-OH is 1. The molecule has 5 atom stereocenters. The fourth-order valence-electron chi connectivity index (χ4n) is 4.78. The number of aliphatic carboxylic acids is 1. The molecule has 6 N–H and O–H groups in total. The molecule has 0 aliphatic heterocycles. The lowest BCUT2D eigenvalue weighted by Gasteiger charge is -2.28. The largest absolute Gasteiger partial charge is 0.479 e. The lowest BCUT2D eigenvalue weighted by molar-refractivity contribution is -0.142. The molecule has 0 unspecified atom stereocenters. The van der Waals surface area contributed by atoms with Crippen molar-refractivity contribution in [3.8, 4) is 0 Å². The van der Waals surface area contributed by atoms with Crippen LogP contribution in [0.4, 0.5) is 0 Å². The summed E-state index contributed by atoms with van der Waals surface area (Å²) in [5.41, 5.74) is 0.362. The van der Waals surface area contributed by atoms with Crippen LogP contribution in [0, 0.1) is 23.7 Å². The molecule has 0 spiro atoms. The second-order valence-electron chi connectivity index (χ2n) is 12.7. The molecule has 0 fully saturated rings. The summed E-state index contributed by atoms with van der Waals surface area (Å²) in [6.45, 7) is 13.3. The van der Waals surface area contributed by atoms with E-state index in [4.69, 9.17) is 0 Å². The van der Waals surface area contributed by atoms with Crippen molar-refractivity contribution < 1.29 is 34.2 Å². The van der Waals surface area contributed by atoms with E-state index in [-0.39, 0.29) is 30.1 Å². The third-order valence-electron chi connectivity index (χ3n) is 7.33. The van der Waals surface area contributed by atoms with Gasteiger partial charge in [0.1, 0.15) is 6.04 Å². The molecule has 4 amide bonds. The van der Waals surface area contributed by atoms with E-state index >= 15 is 0 Å². The van der Waals surface area contributed by atoms with E-state index in [1.807, 2.05) is 40.7 Å². The van der Waals surface area contributed by atoms with E-state index in [1.54, 1.807) is 30.3 Å². The van der Waals surface area contributed by atoms with Gasteiger partial charge in [-0.1, -0.05) is 97.4 Å². The maximum absolute atomic E-state index is 13.4. The standard InChI is InChI=1S/C34H54N4O7/c1-8-14-26(30(40)33(43)35-20-28(39)38-29(34(44)45)24-16-10-9-11-17-24)36-32(42)27(19-22(4)5)37-31(41)25(23(6)7)18-13-12-15-21(2)3/h9-13,16-17,21-23,25-27,29-30,40H,8,14-15,18-20H2,1-7H3,(H,35,43)(H,36,42)(H,37,41)(H,38,39)(H,44,45)/b13-12+/t25-,26-,27-,29-,30+/m0/s1. The maximum Gasteiger partial charge on any atom is 0.330 e. The zero-order chi connectivity index (χ0) is 34.1. The number of carboxylic acid groups (broad SMARTS) is 1. The van der Waals surface area contributed by atoms with E-state index in [0.717, 1.165) is 6.42 Å².